The van der Waals surface area contributed by atoms with E-state index >= 15 is 0 Å². The minimum absolute atomic E-state index is 0.0315. The van der Waals surface area contributed by atoms with Gasteiger partial charge in [-0.3, -0.25) is 9.69 Å². The Morgan fingerprint density at radius 2 is 1.81 bits per heavy atom. The summed E-state index contributed by atoms with van der Waals surface area (Å²) in [5.74, 6) is 0.0541. The highest BCUT2D eigenvalue weighted by Crippen LogP contribution is 2.32. The molecule has 1 aromatic heterocycles. The highest BCUT2D eigenvalue weighted by Gasteiger charge is 2.20. The van der Waals surface area contributed by atoms with Gasteiger partial charge in [0.2, 0.25) is 5.91 Å². The summed E-state index contributed by atoms with van der Waals surface area (Å²) in [5.41, 5.74) is 2.74. The molecule has 31 heavy (non-hydrogen) atoms. The number of para-hydroxylation sites is 1. The van der Waals surface area contributed by atoms with Crippen molar-refractivity contribution in [3.05, 3.63) is 64.7 Å². The Kier molecular flexibility index (Phi) is 7.25. The number of methoxy groups -OCH3 is 2. The van der Waals surface area contributed by atoms with E-state index in [-0.39, 0.29) is 18.1 Å². The summed E-state index contributed by atoms with van der Waals surface area (Å²) in [7, 11) is 2.96. The molecule has 0 saturated carbocycles. The van der Waals surface area contributed by atoms with Gasteiger partial charge in [-0.15, -0.1) is 11.3 Å². The molecule has 1 amide bonds. The number of nitrogens with zero attached hydrogens (tertiary/aromatic N) is 2. The molecule has 3 rings (SSSR count). The monoisotopic (exact) mass is 440 g/mol. The molecule has 0 N–H and O–H groups in total. The third-order valence-corrected chi connectivity index (χ3v) is 5.50. The van der Waals surface area contributed by atoms with Crippen LogP contribution in [-0.4, -0.2) is 31.1 Å². The molecule has 0 bridgehead atoms. The van der Waals surface area contributed by atoms with Crippen molar-refractivity contribution in [2.45, 2.75) is 26.9 Å². The summed E-state index contributed by atoms with van der Waals surface area (Å²) in [5, 5.41) is 2.28. The molecule has 0 radical (unpaired) electrons. The molecule has 0 fully saturated rings. The smallest absolute Gasteiger partial charge is 0.342 e. The van der Waals surface area contributed by atoms with Crippen molar-refractivity contribution in [1.82, 2.24) is 4.98 Å². The van der Waals surface area contributed by atoms with E-state index in [9.17, 15) is 9.59 Å². The van der Waals surface area contributed by atoms with Crippen LogP contribution in [0.15, 0.2) is 47.8 Å². The van der Waals surface area contributed by atoms with Crippen molar-refractivity contribution in [2.75, 3.05) is 19.1 Å². The molecule has 0 unspecified atom stereocenters. The molecule has 0 aliphatic carbocycles. The second kappa shape index (κ2) is 10.1. The topological polar surface area (TPSA) is 78.0 Å². The number of ether oxygens (including phenoxy) is 3. The van der Waals surface area contributed by atoms with E-state index in [4.69, 9.17) is 14.2 Å². The number of anilines is 2. The summed E-state index contributed by atoms with van der Waals surface area (Å²) in [6.07, 6.45) is 0.922. The van der Waals surface area contributed by atoms with E-state index in [1.807, 2.05) is 24.3 Å². The van der Waals surface area contributed by atoms with Crippen molar-refractivity contribution in [1.29, 1.82) is 0 Å². The van der Waals surface area contributed by atoms with Gasteiger partial charge in [0.05, 0.1) is 25.6 Å². The Hall–Kier alpha value is -3.39. The van der Waals surface area contributed by atoms with Gasteiger partial charge in [0.1, 0.15) is 12.2 Å². The molecule has 2 aromatic carbocycles. The number of aromatic nitrogens is 1. The number of hydrogen-bond acceptors (Lipinski definition) is 7. The average Bonchev–Trinajstić information content (AvgIpc) is 3.25. The molecular formula is C23H24N2O5S. The van der Waals surface area contributed by atoms with Gasteiger partial charge in [0.15, 0.2) is 16.6 Å². The van der Waals surface area contributed by atoms with Crippen LogP contribution in [0.3, 0.4) is 0 Å². The third kappa shape index (κ3) is 5.03. The number of esters is 1. The third-order valence-electron chi connectivity index (χ3n) is 4.62. The van der Waals surface area contributed by atoms with Crippen molar-refractivity contribution < 1.29 is 23.8 Å². The molecular weight excluding hydrogens is 416 g/mol. The minimum atomic E-state index is -0.552. The molecule has 3 aromatic rings. The van der Waals surface area contributed by atoms with E-state index in [1.165, 1.54) is 38.0 Å². The number of hydrogen-bond donors (Lipinski definition) is 0. The fourth-order valence-corrected chi connectivity index (χ4v) is 3.91. The molecule has 0 saturated heterocycles. The first-order valence-corrected chi connectivity index (χ1v) is 10.6. The first-order chi connectivity index (χ1) is 15.0. The number of carbonyl (C=O) groups is 2. The first kappa shape index (κ1) is 22.3. The summed E-state index contributed by atoms with van der Waals surface area (Å²) < 4.78 is 15.9. The number of amides is 1. The Balaban J connectivity index is 1.74. The largest absolute Gasteiger partial charge is 0.493 e. The lowest BCUT2D eigenvalue weighted by Gasteiger charge is -2.18. The quantitative estimate of drug-likeness (QED) is 0.470. The number of aryl methyl sites for hydroxylation is 1. The van der Waals surface area contributed by atoms with Crippen molar-refractivity contribution in [2.24, 2.45) is 0 Å². The van der Waals surface area contributed by atoms with Gasteiger partial charge in [0, 0.05) is 12.3 Å². The maximum absolute atomic E-state index is 12.5. The van der Waals surface area contributed by atoms with Gasteiger partial charge in [-0.05, 0) is 36.2 Å². The van der Waals surface area contributed by atoms with E-state index in [0.717, 1.165) is 12.1 Å². The van der Waals surface area contributed by atoms with Gasteiger partial charge in [-0.25, -0.2) is 9.78 Å². The second-order valence-corrected chi connectivity index (χ2v) is 7.45. The number of benzene rings is 2. The Labute approximate surface area is 185 Å². The maximum Gasteiger partial charge on any atom is 0.342 e. The summed E-state index contributed by atoms with van der Waals surface area (Å²) in [4.78, 5) is 30.8. The van der Waals surface area contributed by atoms with E-state index < -0.39 is 5.97 Å². The van der Waals surface area contributed by atoms with Crippen LogP contribution >= 0.6 is 11.3 Å². The van der Waals surface area contributed by atoms with Crippen LogP contribution in [-0.2, 0) is 22.6 Å². The molecule has 0 aliphatic rings. The second-order valence-electron chi connectivity index (χ2n) is 6.61. The molecule has 7 nitrogen and oxygen atoms in total. The van der Waals surface area contributed by atoms with Crippen LogP contribution in [0.1, 0.15) is 35.5 Å². The Morgan fingerprint density at radius 3 is 2.42 bits per heavy atom. The van der Waals surface area contributed by atoms with Gasteiger partial charge in [0.25, 0.3) is 0 Å². The maximum atomic E-state index is 12.5. The van der Waals surface area contributed by atoms with Gasteiger partial charge in [-0.2, -0.15) is 0 Å². The minimum Gasteiger partial charge on any atom is -0.493 e. The molecule has 8 heteroatoms. The van der Waals surface area contributed by atoms with Crippen LogP contribution in [0.2, 0.25) is 0 Å². The fraction of sp³-hybridized carbons (Fsp3) is 0.261. The van der Waals surface area contributed by atoms with Crippen LogP contribution < -0.4 is 14.4 Å². The first-order valence-electron chi connectivity index (χ1n) is 9.70. The van der Waals surface area contributed by atoms with Crippen molar-refractivity contribution in [3.8, 4) is 11.5 Å². The van der Waals surface area contributed by atoms with Crippen LogP contribution in [0, 0.1) is 0 Å². The van der Waals surface area contributed by atoms with E-state index in [0.29, 0.717) is 22.3 Å². The zero-order valence-electron chi connectivity index (χ0n) is 17.9. The van der Waals surface area contributed by atoms with Crippen molar-refractivity contribution in [3.63, 3.8) is 0 Å². The zero-order chi connectivity index (χ0) is 22.4. The zero-order valence-corrected chi connectivity index (χ0v) is 18.7. The average molecular weight is 441 g/mol. The normalized spacial score (nSPS) is 10.5. The molecule has 0 atom stereocenters. The Bertz CT molecular complexity index is 1060. The Morgan fingerprint density at radius 1 is 1.06 bits per heavy atom. The van der Waals surface area contributed by atoms with Gasteiger partial charge >= 0.3 is 5.97 Å². The number of thiazole rings is 1. The lowest BCUT2D eigenvalue weighted by molar-refractivity contribution is -0.115. The molecule has 1 heterocycles. The standard InChI is InChI=1S/C23H24N2O5S/c1-5-16-9-11-18(12-10-16)25(15(2)26)23-24-17(14-31-23)13-30-22(27)19-7-6-8-20(28-3)21(19)29-4/h6-12,14H,5,13H2,1-4H3. The highest BCUT2D eigenvalue weighted by atomic mass is 32.1. The summed E-state index contributed by atoms with van der Waals surface area (Å²) in [6.45, 7) is 3.54. The fourth-order valence-electron chi connectivity index (χ4n) is 3.04. The van der Waals surface area contributed by atoms with Crippen LogP contribution in [0.5, 0.6) is 11.5 Å². The van der Waals surface area contributed by atoms with Gasteiger partial charge in [-0.1, -0.05) is 25.1 Å². The number of carbonyl (C=O) groups excluding carboxylic acids is 2. The SMILES string of the molecule is CCc1ccc(N(C(C)=O)c2nc(COC(=O)c3cccc(OC)c3OC)cs2)cc1. The van der Waals surface area contributed by atoms with Crippen LogP contribution in [0.25, 0.3) is 0 Å². The predicted octanol–water partition coefficient (Wildman–Crippen LogP) is 4.76. The van der Waals surface area contributed by atoms with Crippen LogP contribution in [0.4, 0.5) is 10.8 Å². The summed E-state index contributed by atoms with van der Waals surface area (Å²) >= 11 is 1.31. The van der Waals surface area contributed by atoms with E-state index in [1.54, 1.807) is 28.5 Å². The molecule has 0 spiro atoms. The molecule has 162 valence electrons. The summed E-state index contributed by atoms with van der Waals surface area (Å²) in [6, 6.07) is 12.8. The van der Waals surface area contributed by atoms with E-state index in [2.05, 4.69) is 11.9 Å². The lowest BCUT2D eigenvalue weighted by atomic mass is 10.1. The predicted molar refractivity (Wildman–Crippen MR) is 119 cm³/mol. The van der Waals surface area contributed by atoms with Gasteiger partial charge < -0.3 is 14.2 Å². The number of rotatable bonds is 8. The van der Waals surface area contributed by atoms with Crippen molar-refractivity contribution >= 4 is 34.0 Å². The lowest BCUT2D eigenvalue weighted by Crippen LogP contribution is -2.22. The molecule has 0 aliphatic heterocycles. The highest BCUT2D eigenvalue weighted by molar-refractivity contribution is 7.14.